The van der Waals surface area contributed by atoms with Crippen LogP contribution < -0.4 is 0 Å². The van der Waals surface area contributed by atoms with Crippen molar-refractivity contribution < 1.29 is 0 Å². The second-order valence-corrected chi connectivity index (χ2v) is 2.78. The summed E-state index contributed by atoms with van der Waals surface area (Å²) in [5.41, 5.74) is 3.08. The van der Waals surface area contributed by atoms with E-state index < -0.39 is 0 Å². The molecule has 0 saturated heterocycles. The van der Waals surface area contributed by atoms with Crippen molar-refractivity contribution in [2.45, 2.75) is 34.6 Å². The van der Waals surface area contributed by atoms with Crippen LogP contribution in [0.5, 0.6) is 0 Å². The van der Waals surface area contributed by atoms with E-state index in [2.05, 4.69) is 18.1 Å². The Morgan fingerprint density at radius 3 is 2.06 bits per heavy atom. The van der Waals surface area contributed by atoms with Crippen LogP contribution in [0.1, 0.15) is 39.0 Å². The van der Waals surface area contributed by atoms with E-state index in [-0.39, 0.29) is 0 Å². The number of hydrogen-bond acceptors (Lipinski definition) is 1. The largest absolute Gasteiger partial charge is 0.256 e. The van der Waals surface area contributed by atoms with Gasteiger partial charge in [-0.15, -0.1) is 0 Å². The highest BCUT2D eigenvalue weighted by molar-refractivity contribution is 5.72. The van der Waals surface area contributed by atoms with Gasteiger partial charge in [0, 0.05) is 6.20 Å². The number of hydrogen-bond donors (Lipinski definition) is 0. The van der Waals surface area contributed by atoms with E-state index in [0.717, 1.165) is 16.8 Å². The maximum atomic E-state index is 4.28. The Labute approximate surface area is 107 Å². The molecular weight excluding hydrogens is 206 g/mol. The number of aryl methyl sites for hydroxylation is 1. The highest BCUT2D eigenvalue weighted by atomic mass is 14.7. The van der Waals surface area contributed by atoms with Crippen molar-refractivity contribution in [3.05, 3.63) is 61.0 Å². The van der Waals surface area contributed by atoms with Crippen molar-refractivity contribution in [2.75, 3.05) is 0 Å². The van der Waals surface area contributed by atoms with Crippen LogP contribution in [0.4, 0.5) is 0 Å². The Bertz CT molecular complexity index is 331. The molecule has 0 aliphatic heterocycles. The Morgan fingerprint density at radius 2 is 1.71 bits per heavy atom. The topological polar surface area (TPSA) is 12.9 Å². The maximum absolute atomic E-state index is 4.28. The second kappa shape index (κ2) is 12.4. The number of nitrogens with zero attached hydrogens (tertiary/aromatic N) is 1. The fourth-order valence-electron chi connectivity index (χ4n) is 1.02. The third kappa shape index (κ3) is 7.29. The summed E-state index contributed by atoms with van der Waals surface area (Å²) in [4.78, 5) is 4.28. The molecule has 0 unspecified atom stereocenters. The minimum absolute atomic E-state index is 0.931. The quantitative estimate of drug-likeness (QED) is 0.652. The summed E-state index contributed by atoms with van der Waals surface area (Å²) in [6.07, 6.45) is 7.25. The van der Waals surface area contributed by atoms with Gasteiger partial charge in [-0.25, -0.2) is 0 Å². The first-order valence-corrected chi connectivity index (χ1v) is 6.16. The normalized spacial score (nSPS) is 9.12. The van der Waals surface area contributed by atoms with Crippen molar-refractivity contribution >= 4 is 5.57 Å². The first kappa shape index (κ1) is 17.8. The Balaban J connectivity index is 0. The summed E-state index contributed by atoms with van der Waals surface area (Å²) in [6.45, 7) is 17.4. The van der Waals surface area contributed by atoms with Gasteiger partial charge >= 0.3 is 0 Å². The fourth-order valence-corrected chi connectivity index (χ4v) is 1.02. The van der Waals surface area contributed by atoms with Crippen LogP contribution in [-0.2, 0) is 0 Å². The molecule has 0 fully saturated rings. The van der Waals surface area contributed by atoms with E-state index in [9.17, 15) is 0 Å². The molecule has 17 heavy (non-hydrogen) atoms. The highest BCUT2D eigenvalue weighted by Crippen LogP contribution is 2.12. The standard InChI is InChI=1S/C12H13N.2C2H6/c1-4-6-11(5-2)12-8-7-10(3)9-13-12;2*1-2/h4-9H,1-2H2,3H3;2*1-2H3/b11-6+;;. The highest BCUT2D eigenvalue weighted by Gasteiger charge is 1.96. The van der Waals surface area contributed by atoms with Gasteiger partial charge in [0.25, 0.3) is 0 Å². The zero-order chi connectivity index (χ0) is 13.7. The second-order valence-electron chi connectivity index (χ2n) is 2.78. The molecule has 1 heteroatoms. The summed E-state index contributed by atoms with van der Waals surface area (Å²) in [7, 11) is 0. The van der Waals surface area contributed by atoms with Gasteiger partial charge in [-0.3, -0.25) is 4.98 Å². The molecule has 0 aliphatic rings. The Kier molecular flexibility index (Phi) is 13.0. The summed E-state index contributed by atoms with van der Waals surface area (Å²) >= 11 is 0. The number of aromatic nitrogens is 1. The molecule has 0 N–H and O–H groups in total. The first-order valence-electron chi connectivity index (χ1n) is 6.16. The van der Waals surface area contributed by atoms with Crippen molar-refractivity contribution in [2.24, 2.45) is 0 Å². The molecule has 1 nitrogen and oxygen atoms in total. The van der Waals surface area contributed by atoms with Crippen molar-refractivity contribution in [3.63, 3.8) is 0 Å². The van der Waals surface area contributed by atoms with Gasteiger partial charge in [-0.05, 0) is 24.1 Å². The van der Waals surface area contributed by atoms with Crippen molar-refractivity contribution in [3.8, 4) is 0 Å². The van der Waals surface area contributed by atoms with Gasteiger partial charge in [0.15, 0.2) is 0 Å². The summed E-state index contributed by atoms with van der Waals surface area (Å²) < 4.78 is 0. The molecular formula is C16H25N. The molecule has 1 aromatic rings. The number of rotatable bonds is 3. The van der Waals surface area contributed by atoms with Crippen LogP contribution in [0.2, 0.25) is 0 Å². The smallest absolute Gasteiger partial charge is 0.0701 e. The molecule has 0 radical (unpaired) electrons. The summed E-state index contributed by atoms with van der Waals surface area (Å²) in [5, 5.41) is 0. The molecule has 1 aromatic heterocycles. The van der Waals surface area contributed by atoms with Gasteiger partial charge in [-0.2, -0.15) is 0 Å². The lowest BCUT2D eigenvalue weighted by Crippen LogP contribution is -1.86. The lowest BCUT2D eigenvalue weighted by Gasteiger charge is -2.00. The molecule has 0 bridgehead atoms. The van der Waals surface area contributed by atoms with Gasteiger partial charge in [0.2, 0.25) is 0 Å². The molecule has 1 heterocycles. The van der Waals surface area contributed by atoms with Crippen molar-refractivity contribution in [1.82, 2.24) is 4.98 Å². The minimum atomic E-state index is 0.931. The van der Waals surface area contributed by atoms with Crippen LogP contribution in [0.25, 0.3) is 5.57 Å². The molecule has 0 atom stereocenters. The van der Waals surface area contributed by atoms with Crippen molar-refractivity contribution in [1.29, 1.82) is 0 Å². The minimum Gasteiger partial charge on any atom is -0.256 e. The predicted octanol–water partition coefficient (Wildman–Crippen LogP) is 5.20. The molecule has 0 amide bonds. The maximum Gasteiger partial charge on any atom is 0.0701 e. The van der Waals surface area contributed by atoms with E-state index in [1.807, 2.05) is 59.0 Å². The van der Waals surface area contributed by atoms with Crippen LogP contribution >= 0.6 is 0 Å². The molecule has 0 saturated carbocycles. The summed E-state index contributed by atoms with van der Waals surface area (Å²) in [6, 6.07) is 4.01. The zero-order valence-corrected chi connectivity index (χ0v) is 11.8. The fraction of sp³-hybridized carbons (Fsp3) is 0.312. The molecule has 1 rings (SSSR count). The van der Waals surface area contributed by atoms with E-state index in [1.165, 1.54) is 0 Å². The first-order chi connectivity index (χ1) is 8.27. The predicted molar refractivity (Wildman–Crippen MR) is 80.0 cm³/mol. The van der Waals surface area contributed by atoms with E-state index in [1.54, 1.807) is 12.2 Å². The third-order valence-corrected chi connectivity index (χ3v) is 1.72. The van der Waals surface area contributed by atoms with Gasteiger partial charge in [0.1, 0.15) is 0 Å². The van der Waals surface area contributed by atoms with E-state index in [4.69, 9.17) is 0 Å². The van der Waals surface area contributed by atoms with Crippen LogP contribution in [0, 0.1) is 6.92 Å². The number of pyridine rings is 1. The monoisotopic (exact) mass is 231 g/mol. The lowest BCUT2D eigenvalue weighted by atomic mass is 10.1. The van der Waals surface area contributed by atoms with Gasteiger partial charge < -0.3 is 0 Å². The van der Waals surface area contributed by atoms with Crippen LogP contribution in [0.3, 0.4) is 0 Å². The molecule has 0 aromatic carbocycles. The lowest BCUT2D eigenvalue weighted by molar-refractivity contribution is 1.23. The summed E-state index contributed by atoms with van der Waals surface area (Å²) in [5.74, 6) is 0. The zero-order valence-electron chi connectivity index (χ0n) is 11.8. The van der Waals surface area contributed by atoms with Gasteiger partial charge in [0.05, 0.1) is 5.69 Å². The Morgan fingerprint density at radius 1 is 1.12 bits per heavy atom. The molecule has 94 valence electrons. The van der Waals surface area contributed by atoms with Gasteiger partial charge in [-0.1, -0.05) is 65.1 Å². The average Bonchev–Trinajstić information content (AvgIpc) is 2.42. The third-order valence-electron chi connectivity index (χ3n) is 1.72. The Hall–Kier alpha value is -1.63. The van der Waals surface area contributed by atoms with E-state index >= 15 is 0 Å². The van der Waals surface area contributed by atoms with Crippen LogP contribution in [0.15, 0.2) is 49.7 Å². The van der Waals surface area contributed by atoms with E-state index in [0.29, 0.717) is 0 Å². The molecule has 0 spiro atoms. The van der Waals surface area contributed by atoms with Crippen LogP contribution in [-0.4, -0.2) is 4.98 Å². The number of allylic oxidation sites excluding steroid dienone is 4. The SMILES string of the molecule is C=C/C=C(\C=C)c1ccc(C)cn1.CC.CC. The molecule has 0 aliphatic carbocycles. The average molecular weight is 231 g/mol.